The lowest BCUT2D eigenvalue weighted by atomic mass is 10.1. The maximum Gasteiger partial charge on any atom is 0.416 e. The predicted molar refractivity (Wildman–Crippen MR) is 73.0 cm³/mol. The maximum absolute atomic E-state index is 12.8. The summed E-state index contributed by atoms with van der Waals surface area (Å²) in [5, 5.41) is 8.00. The van der Waals surface area contributed by atoms with Crippen LogP contribution in [0.15, 0.2) is 24.3 Å². The summed E-state index contributed by atoms with van der Waals surface area (Å²) in [6.45, 7) is 3.82. The highest BCUT2D eigenvalue weighted by molar-refractivity contribution is 5.38. The summed E-state index contributed by atoms with van der Waals surface area (Å²) in [6, 6.07) is 4.77. The molecule has 1 atom stereocenters. The van der Waals surface area contributed by atoms with Gasteiger partial charge in [-0.2, -0.15) is 13.2 Å². The molecule has 21 heavy (non-hydrogen) atoms. The second-order valence-electron chi connectivity index (χ2n) is 4.75. The maximum atomic E-state index is 12.8. The third-order valence-corrected chi connectivity index (χ3v) is 3.34. The minimum absolute atomic E-state index is 0.264. The van der Waals surface area contributed by atoms with Crippen LogP contribution in [-0.4, -0.2) is 15.0 Å². The molecule has 0 bridgehead atoms. The molecule has 0 aliphatic heterocycles. The molecule has 0 aliphatic rings. The van der Waals surface area contributed by atoms with E-state index in [1.807, 2.05) is 13.8 Å². The Kier molecular flexibility index (Phi) is 4.32. The Hall–Kier alpha value is -1.89. The highest BCUT2D eigenvalue weighted by Gasteiger charge is 2.31. The number of alkyl halides is 3. The van der Waals surface area contributed by atoms with Gasteiger partial charge in [0.15, 0.2) is 0 Å². The molecule has 4 nitrogen and oxygen atoms in total. The van der Waals surface area contributed by atoms with Crippen molar-refractivity contribution >= 4 is 0 Å². The van der Waals surface area contributed by atoms with E-state index in [-0.39, 0.29) is 6.04 Å². The number of benzene rings is 1. The second kappa shape index (κ2) is 5.85. The summed E-state index contributed by atoms with van der Waals surface area (Å²) in [4.78, 5) is 0. The van der Waals surface area contributed by atoms with E-state index in [2.05, 4.69) is 10.3 Å². The standard InChI is InChI=1S/C14H17F3N4/c1-3-11(18)13-12(4-2)21(20-19-13)10-7-5-6-9(8-10)14(15,16)17/h5-8,11H,3-4,18H2,1-2H3. The Morgan fingerprint density at radius 2 is 2.00 bits per heavy atom. The van der Waals surface area contributed by atoms with E-state index in [0.29, 0.717) is 24.2 Å². The average molecular weight is 298 g/mol. The second-order valence-corrected chi connectivity index (χ2v) is 4.75. The van der Waals surface area contributed by atoms with Crippen molar-refractivity contribution in [3.8, 4) is 5.69 Å². The third kappa shape index (κ3) is 3.07. The molecule has 1 heterocycles. The van der Waals surface area contributed by atoms with Gasteiger partial charge in [0.2, 0.25) is 0 Å². The van der Waals surface area contributed by atoms with E-state index >= 15 is 0 Å². The van der Waals surface area contributed by atoms with Gasteiger partial charge >= 0.3 is 6.18 Å². The van der Waals surface area contributed by atoms with Gasteiger partial charge in [-0.15, -0.1) is 5.10 Å². The SMILES string of the molecule is CCc1c(C(N)CC)nnn1-c1cccc(C(F)(F)F)c1. The zero-order valence-electron chi connectivity index (χ0n) is 11.9. The van der Waals surface area contributed by atoms with Crippen molar-refractivity contribution in [2.24, 2.45) is 5.73 Å². The molecule has 2 N–H and O–H groups in total. The summed E-state index contributed by atoms with van der Waals surface area (Å²) >= 11 is 0. The fourth-order valence-electron chi connectivity index (χ4n) is 2.15. The first-order valence-electron chi connectivity index (χ1n) is 6.76. The van der Waals surface area contributed by atoms with Crippen molar-refractivity contribution in [3.63, 3.8) is 0 Å². The van der Waals surface area contributed by atoms with Gasteiger partial charge in [-0.05, 0) is 31.0 Å². The first-order valence-corrected chi connectivity index (χ1v) is 6.76. The van der Waals surface area contributed by atoms with Crippen LogP contribution in [0, 0.1) is 0 Å². The summed E-state index contributed by atoms with van der Waals surface area (Å²) in [5.41, 5.74) is 6.97. The molecule has 1 aromatic carbocycles. The van der Waals surface area contributed by atoms with Gasteiger partial charge in [-0.25, -0.2) is 4.68 Å². The van der Waals surface area contributed by atoms with Crippen LogP contribution in [0.1, 0.15) is 43.3 Å². The molecule has 0 amide bonds. The summed E-state index contributed by atoms with van der Waals surface area (Å²) in [6.07, 6.45) is -3.10. The van der Waals surface area contributed by atoms with Gasteiger partial charge in [-0.3, -0.25) is 0 Å². The molecule has 0 saturated heterocycles. The van der Waals surface area contributed by atoms with Crippen molar-refractivity contribution in [2.75, 3.05) is 0 Å². The van der Waals surface area contributed by atoms with Gasteiger partial charge in [0.1, 0.15) is 5.69 Å². The molecule has 0 spiro atoms. The largest absolute Gasteiger partial charge is 0.416 e. The molecule has 2 aromatic rings. The highest BCUT2D eigenvalue weighted by Crippen LogP contribution is 2.30. The van der Waals surface area contributed by atoms with E-state index in [1.165, 1.54) is 10.7 Å². The highest BCUT2D eigenvalue weighted by atomic mass is 19.4. The van der Waals surface area contributed by atoms with Crippen LogP contribution in [0.4, 0.5) is 13.2 Å². The van der Waals surface area contributed by atoms with Crippen LogP contribution in [0.5, 0.6) is 0 Å². The lowest BCUT2D eigenvalue weighted by Gasteiger charge is -2.11. The quantitative estimate of drug-likeness (QED) is 0.942. The minimum Gasteiger partial charge on any atom is -0.323 e. The first-order chi connectivity index (χ1) is 9.88. The van der Waals surface area contributed by atoms with Crippen molar-refractivity contribution in [3.05, 3.63) is 41.2 Å². The zero-order chi connectivity index (χ0) is 15.6. The van der Waals surface area contributed by atoms with Crippen molar-refractivity contribution in [2.45, 2.75) is 38.9 Å². The van der Waals surface area contributed by atoms with Gasteiger partial charge in [0.05, 0.1) is 23.0 Å². The molecule has 0 radical (unpaired) electrons. The van der Waals surface area contributed by atoms with E-state index in [4.69, 9.17) is 5.73 Å². The Bertz CT molecular complexity index is 619. The molecule has 1 aromatic heterocycles. The number of aromatic nitrogens is 3. The van der Waals surface area contributed by atoms with E-state index in [9.17, 15) is 13.2 Å². The van der Waals surface area contributed by atoms with E-state index in [0.717, 1.165) is 17.8 Å². The third-order valence-electron chi connectivity index (χ3n) is 3.34. The van der Waals surface area contributed by atoms with E-state index < -0.39 is 11.7 Å². The monoisotopic (exact) mass is 298 g/mol. The number of hydrogen-bond donors (Lipinski definition) is 1. The summed E-state index contributed by atoms with van der Waals surface area (Å²) < 4.78 is 39.8. The number of halogens is 3. The number of nitrogens with zero attached hydrogens (tertiary/aromatic N) is 3. The Balaban J connectivity index is 2.50. The Morgan fingerprint density at radius 1 is 1.29 bits per heavy atom. The normalized spacial score (nSPS) is 13.4. The van der Waals surface area contributed by atoms with Crippen LogP contribution in [0.2, 0.25) is 0 Å². The van der Waals surface area contributed by atoms with Crippen LogP contribution < -0.4 is 5.73 Å². The Morgan fingerprint density at radius 3 is 2.57 bits per heavy atom. The lowest BCUT2D eigenvalue weighted by molar-refractivity contribution is -0.137. The number of hydrogen-bond acceptors (Lipinski definition) is 3. The lowest BCUT2D eigenvalue weighted by Crippen LogP contribution is -2.13. The molecule has 114 valence electrons. The van der Waals surface area contributed by atoms with Crippen molar-refractivity contribution in [1.29, 1.82) is 0 Å². The average Bonchev–Trinajstić information content (AvgIpc) is 2.89. The molecule has 0 aliphatic carbocycles. The number of rotatable bonds is 4. The van der Waals surface area contributed by atoms with Crippen LogP contribution in [0.25, 0.3) is 5.69 Å². The topological polar surface area (TPSA) is 56.7 Å². The zero-order valence-corrected chi connectivity index (χ0v) is 11.9. The molecule has 2 rings (SSSR count). The van der Waals surface area contributed by atoms with Crippen LogP contribution in [-0.2, 0) is 12.6 Å². The smallest absolute Gasteiger partial charge is 0.323 e. The molecule has 0 fully saturated rings. The summed E-state index contributed by atoms with van der Waals surface area (Å²) in [7, 11) is 0. The van der Waals surface area contributed by atoms with Gasteiger partial charge in [0.25, 0.3) is 0 Å². The van der Waals surface area contributed by atoms with Gasteiger partial charge in [-0.1, -0.05) is 25.1 Å². The fraction of sp³-hybridized carbons (Fsp3) is 0.429. The van der Waals surface area contributed by atoms with Gasteiger partial charge in [0, 0.05) is 0 Å². The predicted octanol–water partition coefficient (Wildman–Crippen LogP) is 3.26. The molecular weight excluding hydrogens is 281 g/mol. The van der Waals surface area contributed by atoms with Crippen LogP contribution in [0.3, 0.4) is 0 Å². The van der Waals surface area contributed by atoms with Crippen molar-refractivity contribution < 1.29 is 13.2 Å². The van der Waals surface area contributed by atoms with Gasteiger partial charge < -0.3 is 5.73 Å². The fourth-order valence-corrected chi connectivity index (χ4v) is 2.15. The van der Waals surface area contributed by atoms with E-state index in [1.54, 1.807) is 6.07 Å². The molecule has 7 heteroatoms. The summed E-state index contributed by atoms with van der Waals surface area (Å²) in [5.74, 6) is 0. The molecular formula is C14H17F3N4. The Labute approximate surface area is 120 Å². The van der Waals surface area contributed by atoms with Crippen molar-refractivity contribution in [1.82, 2.24) is 15.0 Å². The van der Waals surface area contributed by atoms with Crippen LogP contribution >= 0.6 is 0 Å². The molecule has 1 unspecified atom stereocenters. The minimum atomic E-state index is -4.38. The molecule has 0 saturated carbocycles. The first kappa shape index (κ1) is 15.5. The number of nitrogens with two attached hydrogens (primary N) is 1.